The molecule has 1 heterocycles. The molecule has 21 heavy (non-hydrogen) atoms. The number of hydrogen-bond acceptors (Lipinski definition) is 3. The number of aromatic amines is 1. The fraction of sp³-hybridized carbons (Fsp3) is 0.0667. The molecule has 0 saturated carbocycles. The summed E-state index contributed by atoms with van der Waals surface area (Å²) < 4.78 is 21.4. The summed E-state index contributed by atoms with van der Waals surface area (Å²) in [6.07, 6.45) is 0. The largest absolute Gasteiger partial charge is 0.494 e. The van der Waals surface area contributed by atoms with Crippen molar-refractivity contribution in [1.82, 2.24) is 9.55 Å². The van der Waals surface area contributed by atoms with Gasteiger partial charge in [-0.25, -0.2) is 4.39 Å². The first-order valence-electron chi connectivity index (χ1n) is 6.13. The van der Waals surface area contributed by atoms with Crippen LogP contribution in [0.5, 0.6) is 5.75 Å². The van der Waals surface area contributed by atoms with E-state index in [1.165, 1.54) is 12.1 Å². The zero-order chi connectivity index (χ0) is 15.0. The van der Waals surface area contributed by atoms with Gasteiger partial charge in [0, 0.05) is 0 Å². The number of H-pyrrole nitrogens is 1. The van der Waals surface area contributed by atoms with Crippen molar-refractivity contribution >= 4 is 23.3 Å². The Kier molecular flexibility index (Phi) is 3.20. The maximum atomic E-state index is 14.2. The van der Waals surface area contributed by atoms with E-state index in [0.29, 0.717) is 27.2 Å². The van der Waals surface area contributed by atoms with Gasteiger partial charge in [0.25, 0.3) is 0 Å². The number of nitriles is 1. The molecule has 0 aliphatic carbocycles. The molecule has 0 spiro atoms. The van der Waals surface area contributed by atoms with E-state index in [1.54, 1.807) is 23.8 Å². The van der Waals surface area contributed by atoms with Crippen molar-refractivity contribution in [1.29, 1.82) is 5.26 Å². The van der Waals surface area contributed by atoms with E-state index in [0.717, 1.165) is 0 Å². The first-order valence-corrected chi connectivity index (χ1v) is 6.54. The van der Waals surface area contributed by atoms with Crippen molar-refractivity contribution in [3.05, 3.63) is 52.5 Å². The van der Waals surface area contributed by atoms with E-state index in [9.17, 15) is 4.39 Å². The molecule has 0 unspecified atom stereocenters. The van der Waals surface area contributed by atoms with Gasteiger partial charge in [0.05, 0.1) is 29.9 Å². The molecule has 2 aromatic carbocycles. The number of fused-ring (bicyclic) bond motifs is 1. The van der Waals surface area contributed by atoms with E-state index in [-0.39, 0.29) is 5.56 Å². The number of rotatable bonds is 2. The van der Waals surface area contributed by atoms with Crippen LogP contribution in [0.1, 0.15) is 5.56 Å². The molecular weight excluding hydrogens is 289 g/mol. The minimum atomic E-state index is -0.506. The molecule has 0 atom stereocenters. The average molecular weight is 299 g/mol. The van der Waals surface area contributed by atoms with E-state index in [4.69, 9.17) is 22.2 Å². The number of hydrogen-bond donors (Lipinski definition) is 1. The molecule has 0 amide bonds. The number of halogens is 1. The van der Waals surface area contributed by atoms with Gasteiger partial charge >= 0.3 is 0 Å². The Balaban J connectivity index is 2.34. The number of methoxy groups -OCH3 is 1. The molecule has 0 fully saturated rings. The number of imidazole rings is 1. The fourth-order valence-electron chi connectivity index (χ4n) is 2.27. The summed E-state index contributed by atoms with van der Waals surface area (Å²) in [6.45, 7) is 0. The molecule has 1 aromatic heterocycles. The number of ether oxygens (including phenoxy) is 1. The molecule has 4 nitrogen and oxygen atoms in total. The van der Waals surface area contributed by atoms with Crippen LogP contribution in [0, 0.1) is 21.9 Å². The topological polar surface area (TPSA) is 53.7 Å². The molecule has 0 aliphatic rings. The number of benzene rings is 2. The molecule has 104 valence electrons. The second-order valence-electron chi connectivity index (χ2n) is 4.40. The Morgan fingerprint density at radius 3 is 2.81 bits per heavy atom. The van der Waals surface area contributed by atoms with Crippen LogP contribution in [0.15, 0.2) is 36.4 Å². The number of nitrogens with one attached hydrogen (secondary N) is 1. The molecule has 3 aromatic rings. The highest BCUT2D eigenvalue weighted by molar-refractivity contribution is 7.71. The highest BCUT2D eigenvalue weighted by Gasteiger charge is 2.13. The van der Waals surface area contributed by atoms with Gasteiger partial charge in [-0.15, -0.1) is 0 Å². The Morgan fingerprint density at radius 2 is 2.14 bits per heavy atom. The Hall–Kier alpha value is -2.65. The standard InChI is InChI=1S/C15H10FN3OS/c1-20-13-4-2-3-12-14(13)18-15(21)19(12)11-6-5-9(8-17)7-10(11)16/h2-7H,1H3,(H,18,21). The van der Waals surface area contributed by atoms with Gasteiger partial charge in [0.2, 0.25) is 0 Å². The van der Waals surface area contributed by atoms with Crippen LogP contribution in [0.4, 0.5) is 4.39 Å². The zero-order valence-corrected chi connectivity index (χ0v) is 11.9. The van der Waals surface area contributed by atoms with Gasteiger partial charge < -0.3 is 9.72 Å². The Bertz CT molecular complexity index is 936. The predicted octanol–water partition coefficient (Wildman–Crippen LogP) is 3.71. The van der Waals surface area contributed by atoms with Gasteiger partial charge in [0.15, 0.2) is 4.77 Å². The van der Waals surface area contributed by atoms with Crippen LogP contribution in [-0.4, -0.2) is 16.7 Å². The highest BCUT2D eigenvalue weighted by Crippen LogP contribution is 2.28. The van der Waals surface area contributed by atoms with Crippen molar-refractivity contribution in [2.24, 2.45) is 0 Å². The Morgan fingerprint density at radius 1 is 1.33 bits per heavy atom. The van der Waals surface area contributed by atoms with E-state index in [2.05, 4.69) is 4.98 Å². The number of nitrogens with zero attached hydrogens (tertiary/aromatic N) is 2. The SMILES string of the molecule is COc1cccc2c1[nH]c(=S)n2-c1ccc(C#N)cc1F. The van der Waals surface area contributed by atoms with Crippen molar-refractivity contribution in [3.8, 4) is 17.5 Å². The predicted molar refractivity (Wildman–Crippen MR) is 79.7 cm³/mol. The van der Waals surface area contributed by atoms with Crippen molar-refractivity contribution in [3.63, 3.8) is 0 Å². The maximum absolute atomic E-state index is 14.2. The van der Waals surface area contributed by atoms with Crippen LogP contribution >= 0.6 is 12.2 Å². The quantitative estimate of drug-likeness (QED) is 0.734. The van der Waals surface area contributed by atoms with E-state index < -0.39 is 5.82 Å². The summed E-state index contributed by atoms with van der Waals surface area (Å²) in [4.78, 5) is 3.02. The van der Waals surface area contributed by atoms with Gasteiger partial charge in [-0.05, 0) is 42.5 Å². The first kappa shape index (κ1) is 13.3. The second-order valence-corrected chi connectivity index (χ2v) is 4.78. The van der Waals surface area contributed by atoms with Crippen molar-refractivity contribution in [2.45, 2.75) is 0 Å². The lowest BCUT2D eigenvalue weighted by Gasteiger charge is -2.07. The first-order chi connectivity index (χ1) is 10.2. The van der Waals surface area contributed by atoms with E-state index >= 15 is 0 Å². The third-order valence-corrected chi connectivity index (χ3v) is 3.50. The van der Waals surface area contributed by atoms with Crippen molar-refractivity contribution < 1.29 is 9.13 Å². The number of aromatic nitrogens is 2. The van der Waals surface area contributed by atoms with Crippen LogP contribution in [0.2, 0.25) is 0 Å². The molecule has 0 radical (unpaired) electrons. The number of para-hydroxylation sites is 1. The lowest BCUT2D eigenvalue weighted by atomic mass is 10.2. The summed E-state index contributed by atoms with van der Waals surface area (Å²) in [5, 5.41) is 8.81. The van der Waals surface area contributed by atoms with Crippen LogP contribution < -0.4 is 4.74 Å². The molecule has 6 heteroatoms. The lowest BCUT2D eigenvalue weighted by Crippen LogP contribution is -1.98. The second kappa shape index (κ2) is 5.04. The summed E-state index contributed by atoms with van der Waals surface area (Å²) in [5.74, 6) is 0.125. The smallest absolute Gasteiger partial charge is 0.182 e. The molecule has 0 aliphatic heterocycles. The molecule has 0 bridgehead atoms. The van der Waals surface area contributed by atoms with Gasteiger partial charge in [0.1, 0.15) is 17.1 Å². The summed E-state index contributed by atoms with van der Waals surface area (Å²) in [5.41, 5.74) is 1.97. The van der Waals surface area contributed by atoms with Gasteiger partial charge in [-0.2, -0.15) is 5.26 Å². The van der Waals surface area contributed by atoms with Crippen LogP contribution in [0.25, 0.3) is 16.7 Å². The minimum absolute atomic E-state index is 0.264. The van der Waals surface area contributed by atoms with Crippen LogP contribution in [0.3, 0.4) is 0 Å². The lowest BCUT2D eigenvalue weighted by molar-refractivity contribution is 0.419. The monoisotopic (exact) mass is 299 g/mol. The normalized spacial score (nSPS) is 10.5. The summed E-state index contributed by atoms with van der Waals surface area (Å²) in [6, 6.07) is 11.6. The molecule has 0 saturated heterocycles. The minimum Gasteiger partial charge on any atom is -0.494 e. The zero-order valence-electron chi connectivity index (χ0n) is 11.1. The molecule has 3 rings (SSSR count). The molecule has 1 N–H and O–H groups in total. The highest BCUT2D eigenvalue weighted by atomic mass is 32.1. The van der Waals surface area contributed by atoms with Gasteiger partial charge in [-0.1, -0.05) is 6.07 Å². The third-order valence-electron chi connectivity index (χ3n) is 3.22. The summed E-state index contributed by atoms with van der Waals surface area (Å²) in [7, 11) is 1.56. The Labute approximate surface area is 125 Å². The van der Waals surface area contributed by atoms with Gasteiger partial charge in [-0.3, -0.25) is 4.57 Å². The third kappa shape index (κ3) is 2.08. The fourth-order valence-corrected chi connectivity index (χ4v) is 2.57. The summed E-state index contributed by atoms with van der Waals surface area (Å²) >= 11 is 5.28. The van der Waals surface area contributed by atoms with Crippen LogP contribution in [-0.2, 0) is 0 Å². The average Bonchev–Trinajstić information content (AvgIpc) is 2.83. The molecular formula is C15H10FN3OS. The maximum Gasteiger partial charge on any atom is 0.182 e. The van der Waals surface area contributed by atoms with Crippen molar-refractivity contribution in [2.75, 3.05) is 7.11 Å². The van der Waals surface area contributed by atoms with E-state index in [1.807, 2.05) is 18.2 Å².